The van der Waals surface area contributed by atoms with E-state index in [1.807, 2.05) is 35.2 Å². The summed E-state index contributed by atoms with van der Waals surface area (Å²) in [6, 6.07) is 11.6. The van der Waals surface area contributed by atoms with Gasteiger partial charge >= 0.3 is 0 Å². The predicted molar refractivity (Wildman–Crippen MR) is 117 cm³/mol. The van der Waals surface area contributed by atoms with Crippen LogP contribution in [0, 0.1) is 0 Å². The fourth-order valence-corrected chi connectivity index (χ4v) is 3.47. The summed E-state index contributed by atoms with van der Waals surface area (Å²) in [5, 5.41) is 31.1. The van der Waals surface area contributed by atoms with Gasteiger partial charge in [0.1, 0.15) is 0 Å². The van der Waals surface area contributed by atoms with E-state index in [9.17, 15) is 24.9 Å². The molecule has 4 N–H and O–H groups in total. The van der Waals surface area contributed by atoms with Gasteiger partial charge in [-0.15, -0.1) is 0 Å². The lowest BCUT2D eigenvalue weighted by Gasteiger charge is -2.35. The molecule has 164 valence electrons. The smallest absolute Gasteiger partial charge is 0.253 e. The van der Waals surface area contributed by atoms with Crippen molar-refractivity contribution in [3.05, 3.63) is 60.2 Å². The maximum atomic E-state index is 12.7. The third-order valence-corrected chi connectivity index (χ3v) is 5.31. The van der Waals surface area contributed by atoms with Crippen molar-refractivity contribution in [3.8, 4) is 17.2 Å². The normalized spacial score (nSPS) is 14.3. The first kappa shape index (κ1) is 22.2. The summed E-state index contributed by atoms with van der Waals surface area (Å²) in [5.41, 5.74) is 1.41. The summed E-state index contributed by atoms with van der Waals surface area (Å²) in [5.74, 6) is -2.24. The van der Waals surface area contributed by atoms with Crippen molar-refractivity contribution in [1.29, 1.82) is 0 Å². The molecular formula is C23H27N3O5. The second-order valence-corrected chi connectivity index (χ2v) is 7.45. The van der Waals surface area contributed by atoms with Crippen LogP contribution in [0.1, 0.15) is 22.3 Å². The Hall–Kier alpha value is -3.52. The number of amides is 2. The van der Waals surface area contributed by atoms with Crippen LogP contribution in [0.25, 0.3) is 5.57 Å². The zero-order valence-electron chi connectivity index (χ0n) is 17.3. The molecule has 1 saturated heterocycles. The van der Waals surface area contributed by atoms with Gasteiger partial charge < -0.3 is 25.5 Å². The Morgan fingerprint density at radius 1 is 0.935 bits per heavy atom. The molecule has 0 spiro atoms. The molecule has 8 nitrogen and oxygen atoms in total. The Kier molecular flexibility index (Phi) is 7.15. The van der Waals surface area contributed by atoms with Gasteiger partial charge in [0.15, 0.2) is 17.2 Å². The van der Waals surface area contributed by atoms with Gasteiger partial charge in [-0.1, -0.05) is 36.9 Å². The molecule has 0 saturated carbocycles. The van der Waals surface area contributed by atoms with E-state index >= 15 is 0 Å². The van der Waals surface area contributed by atoms with E-state index in [1.165, 1.54) is 0 Å². The summed E-state index contributed by atoms with van der Waals surface area (Å²) in [6.07, 6.45) is 0.715. The molecule has 2 amide bonds. The van der Waals surface area contributed by atoms with Gasteiger partial charge in [0.25, 0.3) is 11.8 Å². The van der Waals surface area contributed by atoms with Crippen LogP contribution in [0.5, 0.6) is 17.2 Å². The van der Waals surface area contributed by atoms with Crippen LogP contribution >= 0.6 is 0 Å². The van der Waals surface area contributed by atoms with Gasteiger partial charge in [-0.2, -0.15) is 0 Å². The number of piperazine rings is 1. The average Bonchev–Trinajstić information content (AvgIpc) is 2.79. The van der Waals surface area contributed by atoms with E-state index < -0.39 is 23.2 Å². The van der Waals surface area contributed by atoms with Crippen LogP contribution in [-0.4, -0.2) is 76.2 Å². The molecular weight excluding hydrogens is 398 g/mol. The zero-order valence-corrected chi connectivity index (χ0v) is 17.3. The number of carbonyl (C=O) groups excluding carboxylic acids is 2. The van der Waals surface area contributed by atoms with E-state index in [1.54, 1.807) is 0 Å². The highest BCUT2D eigenvalue weighted by Crippen LogP contribution is 2.35. The van der Waals surface area contributed by atoms with Crippen molar-refractivity contribution in [1.82, 2.24) is 15.1 Å². The summed E-state index contributed by atoms with van der Waals surface area (Å²) < 4.78 is 0. The maximum absolute atomic E-state index is 12.7. The first-order chi connectivity index (χ1) is 14.9. The topological polar surface area (TPSA) is 113 Å². The highest BCUT2D eigenvalue weighted by atomic mass is 16.3. The molecule has 0 unspecified atom stereocenters. The van der Waals surface area contributed by atoms with Crippen LogP contribution in [0.15, 0.2) is 49.0 Å². The number of nitrogens with one attached hydrogen (secondary N) is 1. The highest BCUT2D eigenvalue weighted by Gasteiger charge is 2.23. The van der Waals surface area contributed by atoms with E-state index in [-0.39, 0.29) is 11.5 Å². The SMILES string of the molecule is C=C(C(=O)N1CCN(CCCNC(=O)c2cc(O)c(O)c(O)c2)CC1)c1ccccc1. The fourth-order valence-electron chi connectivity index (χ4n) is 3.47. The minimum absolute atomic E-state index is 0.0430. The Labute approximate surface area is 181 Å². The lowest BCUT2D eigenvalue weighted by Crippen LogP contribution is -2.49. The minimum atomic E-state index is -0.651. The molecule has 8 heteroatoms. The highest BCUT2D eigenvalue weighted by molar-refractivity contribution is 6.18. The third kappa shape index (κ3) is 5.55. The van der Waals surface area contributed by atoms with Gasteiger partial charge in [-0.05, 0) is 30.7 Å². The zero-order chi connectivity index (χ0) is 22.4. The number of aromatic hydroxyl groups is 3. The first-order valence-corrected chi connectivity index (χ1v) is 10.2. The molecule has 31 heavy (non-hydrogen) atoms. The fraction of sp³-hybridized carbons (Fsp3) is 0.304. The summed E-state index contributed by atoms with van der Waals surface area (Å²) >= 11 is 0. The molecule has 0 radical (unpaired) electrons. The van der Waals surface area contributed by atoms with Crippen molar-refractivity contribution in [2.24, 2.45) is 0 Å². The number of hydrogen-bond acceptors (Lipinski definition) is 6. The van der Waals surface area contributed by atoms with Crippen LogP contribution in [-0.2, 0) is 4.79 Å². The van der Waals surface area contributed by atoms with Gasteiger partial charge in [-0.25, -0.2) is 0 Å². The van der Waals surface area contributed by atoms with Crippen LogP contribution in [0.2, 0.25) is 0 Å². The second kappa shape index (κ2) is 9.99. The van der Waals surface area contributed by atoms with E-state index in [4.69, 9.17) is 0 Å². The Bertz CT molecular complexity index is 930. The largest absolute Gasteiger partial charge is 0.504 e. The molecule has 2 aromatic carbocycles. The summed E-state index contributed by atoms with van der Waals surface area (Å²) in [7, 11) is 0. The average molecular weight is 425 g/mol. The Morgan fingerprint density at radius 2 is 1.55 bits per heavy atom. The van der Waals surface area contributed by atoms with Crippen LogP contribution < -0.4 is 5.32 Å². The molecule has 0 aliphatic carbocycles. The maximum Gasteiger partial charge on any atom is 0.253 e. The Balaban J connectivity index is 1.38. The van der Waals surface area contributed by atoms with Crippen molar-refractivity contribution in [2.75, 3.05) is 39.3 Å². The van der Waals surface area contributed by atoms with Crippen molar-refractivity contribution < 1.29 is 24.9 Å². The van der Waals surface area contributed by atoms with Gasteiger partial charge in [0.2, 0.25) is 0 Å². The molecule has 3 rings (SSSR count). The van der Waals surface area contributed by atoms with Crippen LogP contribution in [0.3, 0.4) is 0 Å². The molecule has 2 aromatic rings. The Morgan fingerprint density at radius 3 is 2.16 bits per heavy atom. The molecule has 1 aliphatic heterocycles. The quantitative estimate of drug-likeness (QED) is 0.306. The number of hydrogen-bond donors (Lipinski definition) is 4. The monoisotopic (exact) mass is 425 g/mol. The predicted octanol–water partition coefficient (Wildman–Crippen LogP) is 1.78. The molecule has 1 heterocycles. The van der Waals surface area contributed by atoms with E-state index in [0.29, 0.717) is 31.6 Å². The molecule has 1 aliphatic rings. The van der Waals surface area contributed by atoms with Crippen molar-refractivity contribution in [3.63, 3.8) is 0 Å². The van der Waals surface area contributed by atoms with Crippen LogP contribution in [0.4, 0.5) is 0 Å². The van der Waals surface area contributed by atoms with Gasteiger partial charge in [0, 0.05) is 43.9 Å². The second-order valence-electron chi connectivity index (χ2n) is 7.45. The first-order valence-electron chi connectivity index (χ1n) is 10.2. The number of phenols is 3. The third-order valence-electron chi connectivity index (χ3n) is 5.31. The van der Waals surface area contributed by atoms with E-state index in [0.717, 1.165) is 37.3 Å². The molecule has 0 atom stereocenters. The summed E-state index contributed by atoms with van der Waals surface area (Å²) in [6.45, 7) is 7.90. The standard InChI is InChI=1S/C23H27N3O5/c1-16(17-6-3-2-4-7-17)23(31)26-12-10-25(11-13-26)9-5-8-24-22(30)18-14-19(27)21(29)20(28)15-18/h2-4,6-7,14-15,27-29H,1,5,8-13H2,(H,24,30). The van der Waals surface area contributed by atoms with Crippen molar-refractivity contribution >= 4 is 17.4 Å². The minimum Gasteiger partial charge on any atom is -0.504 e. The van der Waals surface area contributed by atoms with Gasteiger partial charge in [0.05, 0.1) is 0 Å². The number of phenolic OH excluding ortho intramolecular Hbond substituents is 3. The molecule has 1 fully saturated rings. The summed E-state index contributed by atoms with van der Waals surface area (Å²) in [4.78, 5) is 28.8. The lowest BCUT2D eigenvalue weighted by molar-refractivity contribution is -0.126. The lowest BCUT2D eigenvalue weighted by atomic mass is 10.1. The van der Waals surface area contributed by atoms with E-state index in [2.05, 4.69) is 16.8 Å². The molecule has 0 bridgehead atoms. The van der Waals surface area contributed by atoms with Gasteiger partial charge in [-0.3, -0.25) is 14.5 Å². The number of carbonyl (C=O) groups is 2. The van der Waals surface area contributed by atoms with Crippen molar-refractivity contribution in [2.45, 2.75) is 6.42 Å². The molecule has 0 aromatic heterocycles. The number of rotatable bonds is 7. The number of nitrogens with zero attached hydrogens (tertiary/aromatic N) is 2. The number of benzene rings is 2.